The summed E-state index contributed by atoms with van der Waals surface area (Å²) in [6, 6.07) is 6.31. The molecule has 21 heavy (non-hydrogen) atoms. The maximum atomic E-state index is 12.4. The maximum Gasteiger partial charge on any atom is 0.265 e. The fourth-order valence-electron chi connectivity index (χ4n) is 2.00. The van der Waals surface area contributed by atoms with Crippen LogP contribution in [0.25, 0.3) is 11.0 Å². The van der Waals surface area contributed by atoms with Crippen LogP contribution in [0.5, 0.6) is 0 Å². The number of nitrogens with one attached hydrogen (secondary N) is 2. The van der Waals surface area contributed by atoms with Crippen molar-refractivity contribution in [3.63, 3.8) is 0 Å². The van der Waals surface area contributed by atoms with Crippen LogP contribution in [0.3, 0.4) is 0 Å². The maximum absolute atomic E-state index is 12.4. The van der Waals surface area contributed by atoms with Gasteiger partial charge in [0.2, 0.25) is 0 Å². The zero-order chi connectivity index (χ0) is 14.9. The van der Waals surface area contributed by atoms with Crippen LogP contribution in [-0.2, 0) is 16.4 Å². The average Bonchev–Trinajstić information content (AvgIpc) is 3.07. The molecule has 0 unspecified atom stereocenters. The number of aromatic amines is 1. The van der Waals surface area contributed by atoms with Gasteiger partial charge in [-0.25, -0.2) is 13.0 Å². The molecule has 8 nitrogen and oxygen atoms in total. The number of sulfonamides is 1. The average molecular weight is 307 g/mol. The van der Waals surface area contributed by atoms with Crippen LogP contribution in [0, 0.1) is 0 Å². The SMILES string of the molecule is CCCc1cc(NS(=O)(=O)c2cccc3nonc23)n[nH]1. The van der Waals surface area contributed by atoms with E-state index < -0.39 is 10.0 Å². The smallest absolute Gasteiger partial charge is 0.265 e. The first-order chi connectivity index (χ1) is 10.1. The Morgan fingerprint density at radius 2 is 2.19 bits per heavy atom. The van der Waals surface area contributed by atoms with Crippen molar-refractivity contribution >= 4 is 26.9 Å². The van der Waals surface area contributed by atoms with Crippen molar-refractivity contribution < 1.29 is 13.0 Å². The minimum atomic E-state index is -3.81. The molecule has 0 aliphatic carbocycles. The Bertz CT molecular complexity index is 868. The van der Waals surface area contributed by atoms with Gasteiger partial charge in [-0.1, -0.05) is 19.4 Å². The summed E-state index contributed by atoms with van der Waals surface area (Å²) in [5.74, 6) is 0.243. The monoisotopic (exact) mass is 307 g/mol. The van der Waals surface area contributed by atoms with Crippen LogP contribution in [0.1, 0.15) is 19.0 Å². The Balaban J connectivity index is 1.94. The first-order valence-corrected chi connectivity index (χ1v) is 7.87. The van der Waals surface area contributed by atoms with Gasteiger partial charge in [0.25, 0.3) is 10.0 Å². The molecule has 0 aliphatic rings. The fourth-order valence-corrected chi connectivity index (χ4v) is 3.15. The van der Waals surface area contributed by atoms with Crippen molar-refractivity contribution in [1.29, 1.82) is 0 Å². The van der Waals surface area contributed by atoms with Gasteiger partial charge in [-0.2, -0.15) is 5.10 Å². The lowest BCUT2D eigenvalue weighted by atomic mass is 10.2. The summed E-state index contributed by atoms with van der Waals surface area (Å²) in [7, 11) is -3.81. The van der Waals surface area contributed by atoms with Gasteiger partial charge < -0.3 is 0 Å². The number of hydrogen-bond acceptors (Lipinski definition) is 6. The first-order valence-electron chi connectivity index (χ1n) is 6.38. The predicted molar refractivity (Wildman–Crippen MR) is 75.2 cm³/mol. The highest BCUT2D eigenvalue weighted by atomic mass is 32.2. The van der Waals surface area contributed by atoms with Gasteiger partial charge in [-0.05, 0) is 28.9 Å². The van der Waals surface area contributed by atoms with Crippen molar-refractivity contribution in [2.45, 2.75) is 24.7 Å². The number of fused-ring (bicyclic) bond motifs is 1. The third kappa shape index (κ3) is 2.59. The van der Waals surface area contributed by atoms with Crippen LogP contribution in [0.15, 0.2) is 33.8 Å². The van der Waals surface area contributed by atoms with Crippen molar-refractivity contribution in [2.75, 3.05) is 4.72 Å². The molecule has 0 atom stereocenters. The van der Waals surface area contributed by atoms with Crippen molar-refractivity contribution in [2.24, 2.45) is 0 Å². The van der Waals surface area contributed by atoms with Crippen LogP contribution in [-0.4, -0.2) is 28.9 Å². The van der Waals surface area contributed by atoms with Gasteiger partial charge in [0.05, 0.1) is 0 Å². The summed E-state index contributed by atoms with van der Waals surface area (Å²) in [6.45, 7) is 2.03. The summed E-state index contributed by atoms with van der Waals surface area (Å²) in [5.41, 5.74) is 1.44. The van der Waals surface area contributed by atoms with Gasteiger partial charge in [0.15, 0.2) is 11.3 Å². The Morgan fingerprint density at radius 1 is 1.33 bits per heavy atom. The molecule has 2 heterocycles. The molecule has 0 aliphatic heterocycles. The van der Waals surface area contributed by atoms with Gasteiger partial charge >= 0.3 is 0 Å². The molecule has 0 radical (unpaired) electrons. The topological polar surface area (TPSA) is 114 Å². The van der Waals surface area contributed by atoms with Crippen molar-refractivity contribution in [3.8, 4) is 0 Å². The summed E-state index contributed by atoms with van der Waals surface area (Å²) >= 11 is 0. The molecule has 110 valence electrons. The van der Waals surface area contributed by atoms with E-state index in [2.05, 4.69) is 29.9 Å². The third-order valence-corrected chi connectivity index (χ3v) is 4.31. The van der Waals surface area contributed by atoms with E-state index in [0.717, 1.165) is 18.5 Å². The second kappa shape index (κ2) is 5.17. The van der Waals surface area contributed by atoms with E-state index >= 15 is 0 Å². The quantitative estimate of drug-likeness (QED) is 0.741. The number of anilines is 1. The molecule has 0 saturated carbocycles. The Hall–Kier alpha value is -2.42. The number of aryl methyl sites for hydroxylation is 1. The summed E-state index contributed by atoms with van der Waals surface area (Å²) in [6.07, 6.45) is 1.75. The van der Waals surface area contributed by atoms with E-state index in [1.807, 2.05) is 6.92 Å². The zero-order valence-corrected chi connectivity index (χ0v) is 12.0. The molecule has 0 fully saturated rings. The largest absolute Gasteiger partial charge is 0.280 e. The molecule has 2 aromatic heterocycles. The number of H-pyrrole nitrogens is 1. The zero-order valence-electron chi connectivity index (χ0n) is 11.2. The van der Waals surface area contributed by atoms with Gasteiger partial charge in [0.1, 0.15) is 10.4 Å². The lowest BCUT2D eigenvalue weighted by molar-refractivity contribution is 0.315. The highest BCUT2D eigenvalue weighted by molar-refractivity contribution is 7.93. The number of rotatable bonds is 5. The minimum absolute atomic E-state index is 0.00120. The molecule has 3 aromatic rings. The van der Waals surface area contributed by atoms with Gasteiger partial charge in [0, 0.05) is 11.8 Å². The van der Waals surface area contributed by atoms with E-state index in [4.69, 9.17) is 0 Å². The molecule has 9 heteroatoms. The van der Waals surface area contributed by atoms with E-state index in [1.165, 1.54) is 6.07 Å². The van der Waals surface area contributed by atoms with Crippen LogP contribution >= 0.6 is 0 Å². The van der Waals surface area contributed by atoms with E-state index in [1.54, 1.807) is 18.2 Å². The number of hydrogen-bond donors (Lipinski definition) is 2. The van der Waals surface area contributed by atoms with Gasteiger partial charge in [-0.3, -0.25) is 9.82 Å². The Kier molecular flexibility index (Phi) is 3.34. The summed E-state index contributed by atoms with van der Waals surface area (Å²) in [4.78, 5) is 0.00120. The van der Waals surface area contributed by atoms with Crippen LogP contribution in [0.2, 0.25) is 0 Å². The molecular weight excluding hydrogens is 294 g/mol. The predicted octanol–water partition coefficient (Wildman–Crippen LogP) is 1.70. The van der Waals surface area contributed by atoms with Crippen LogP contribution in [0.4, 0.5) is 5.82 Å². The third-order valence-electron chi connectivity index (χ3n) is 2.93. The standard InChI is InChI=1S/C12H13N5O3S/c1-2-4-8-7-11(14-13-8)17-21(18,19)10-6-3-5-9-12(10)16-20-15-9/h3,5-7H,2,4H2,1H3,(H2,13,14,17). The molecule has 0 bridgehead atoms. The first kappa shape index (κ1) is 13.6. The fraction of sp³-hybridized carbons (Fsp3) is 0.250. The summed E-state index contributed by atoms with van der Waals surface area (Å²) < 4.78 is 31.8. The number of aromatic nitrogens is 4. The second-order valence-electron chi connectivity index (χ2n) is 4.52. The van der Waals surface area contributed by atoms with Gasteiger partial charge in [-0.15, -0.1) is 0 Å². The normalized spacial score (nSPS) is 11.9. The molecule has 2 N–H and O–H groups in total. The lowest BCUT2D eigenvalue weighted by Gasteiger charge is -2.04. The van der Waals surface area contributed by atoms with Crippen molar-refractivity contribution in [3.05, 3.63) is 30.0 Å². The highest BCUT2D eigenvalue weighted by Crippen LogP contribution is 2.22. The lowest BCUT2D eigenvalue weighted by Crippen LogP contribution is -2.13. The van der Waals surface area contributed by atoms with E-state index in [9.17, 15) is 8.42 Å². The van der Waals surface area contributed by atoms with Crippen molar-refractivity contribution in [1.82, 2.24) is 20.5 Å². The van der Waals surface area contributed by atoms with Crippen LogP contribution < -0.4 is 4.72 Å². The molecule has 0 spiro atoms. The minimum Gasteiger partial charge on any atom is -0.280 e. The molecule has 1 aromatic carbocycles. The molecular formula is C12H13N5O3S. The summed E-state index contributed by atoms with van der Waals surface area (Å²) in [5, 5.41) is 14.0. The number of benzene rings is 1. The van der Waals surface area contributed by atoms with E-state index in [-0.39, 0.29) is 16.2 Å². The molecule has 3 rings (SSSR count). The highest BCUT2D eigenvalue weighted by Gasteiger charge is 2.21. The molecule has 0 saturated heterocycles. The van der Waals surface area contributed by atoms with E-state index in [0.29, 0.717) is 5.52 Å². The number of nitrogens with zero attached hydrogens (tertiary/aromatic N) is 3. The molecule has 0 amide bonds. The second-order valence-corrected chi connectivity index (χ2v) is 6.17. The Labute approximate surface area is 120 Å². The Morgan fingerprint density at radius 3 is 3.00 bits per heavy atom.